The van der Waals surface area contributed by atoms with E-state index in [0.29, 0.717) is 19.4 Å². The highest BCUT2D eigenvalue weighted by Crippen LogP contribution is 2.14. The predicted octanol–water partition coefficient (Wildman–Crippen LogP) is 1.54. The molecule has 0 N–H and O–H groups in total. The number of nitriles is 1. The normalized spacial score (nSPS) is 14.8. The molecular formula is C12H11N3O. The molecular weight excluding hydrogens is 202 g/mol. The summed E-state index contributed by atoms with van der Waals surface area (Å²) in [6.07, 6.45) is 0.646. The van der Waals surface area contributed by atoms with Gasteiger partial charge in [0, 0.05) is 0 Å². The van der Waals surface area contributed by atoms with Crippen LogP contribution in [-0.2, 0) is 4.79 Å². The quantitative estimate of drug-likeness (QED) is 0.764. The van der Waals surface area contributed by atoms with Crippen molar-refractivity contribution in [3.63, 3.8) is 0 Å². The van der Waals surface area contributed by atoms with E-state index < -0.39 is 0 Å². The van der Waals surface area contributed by atoms with Crippen LogP contribution in [0.3, 0.4) is 0 Å². The van der Waals surface area contributed by atoms with Gasteiger partial charge in [-0.25, -0.2) is 5.01 Å². The molecule has 2 rings (SSSR count). The van der Waals surface area contributed by atoms with Gasteiger partial charge in [0.2, 0.25) is 5.91 Å². The molecule has 0 unspecified atom stereocenters. The Morgan fingerprint density at radius 1 is 1.38 bits per heavy atom. The maximum absolute atomic E-state index is 11.6. The first-order chi connectivity index (χ1) is 7.81. The molecule has 1 aliphatic rings. The van der Waals surface area contributed by atoms with E-state index in [1.807, 2.05) is 36.4 Å². The van der Waals surface area contributed by atoms with Crippen molar-refractivity contribution in [3.05, 3.63) is 35.9 Å². The van der Waals surface area contributed by atoms with Gasteiger partial charge in [0.1, 0.15) is 0 Å². The number of hydrazone groups is 1. The van der Waals surface area contributed by atoms with Crippen molar-refractivity contribution in [3.8, 4) is 6.07 Å². The second-order valence-electron chi connectivity index (χ2n) is 3.51. The molecule has 0 aromatic heterocycles. The zero-order valence-electron chi connectivity index (χ0n) is 8.76. The van der Waals surface area contributed by atoms with Crippen LogP contribution in [0.25, 0.3) is 0 Å². The van der Waals surface area contributed by atoms with Crippen molar-refractivity contribution in [2.45, 2.75) is 12.8 Å². The van der Waals surface area contributed by atoms with Crippen molar-refractivity contribution in [1.29, 1.82) is 5.26 Å². The van der Waals surface area contributed by atoms with E-state index in [4.69, 9.17) is 5.26 Å². The van der Waals surface area contributed by atoms with E-state index in [-0.39, 0.29) is 5.91 Å². The van der Waals surface area contributed by atoms with Gasteiger partial charge in [0.15, 0.2) is 0 Å². The third-order valence-corrected chi connectivity index (χ3v) is 2.39. The van der Waals surface area contributed by atoms with Gasteiger partial charge >= 0.3 is 0 Å². The van der Waals surface area contributed by atoms with E-state index in [2.05, 4.69) is 5.10 Å². The van der Waals surface area contributed by atoms with Gasteiger partial charge in [0.05, 0.1) is 31.2 Å². The SMILES string of the molecule is N#CCCN1N=C(c2ccccc2)CC1=O. The van der Waals surface area contributed by atoms with Crippen LogP contribution in [0.5, 0.6) is 0 Å². The molecule has 0 spiro atoms. The van der Waals surface area contributed by atoms with Crippen molar-refractivity contribution in [2.24, 2.45) is 5.10 Å². The molecule has 16 heavy (non-hydrogen) atoms. The monoisotopic (exact) mass is 213 g/mol. The van der Waals surface area contributed by atoms with Crippen LogP contribution >= 0.6 is 0 Å². The first-order valence-electron chi connectivity index (χ1n) is 5.11. The number of rotatable bonds is 3. The molecule has 0 aliphatic carbocycles. The van der Waals surface area contributed by atoms with Gasteiger partial charge in [-0.05, 0) is 5.56 Å². The predicted molar refractivity (Wildman–Crippen MR) is 59.5 cm³/mol. The Hall–Kier alpha value is -2.15. The van der Waals surface area contributed by atoms with Crippen LogP contribution in [0.2, 0.25) is 0 Å². The standard InChI is InChI=1S/C12H11N3O/c13-7-4-8-15-12(16)9-11(14-15)10-5-2-1-3-6-10/h1-3,5-6H,4,8-9H2. The molecule has 0 atom stereocenters. The van der Waals surface area contributed by atoms with E-state index in [9.17, 15) is 4.79 Å². The van der Waals surface area contributed by atoms with Crippen molar-refractivity contribution < 1.29 is 4.79 Å². The molecule has 1 aliphatic heterocycles. The summed E-state index contributed by atoms with van der Waals surface area (Å²) in [5, 5.41) is 14.1. The Morgan fingerprint density at radius 2 is 2.12 bits per heavy atom. The lowest BCUT2D eigenvalue weighted by Gasteiger charge is -2.07. The molecule has 0 bridgehead atoms. The molecule has 4 heteroatoms. The largest absolute Gasteiger partial charge is 0.273 e. The average molecular weight is 213 g/mol. The summed E-state index contributed by atoms with van der Waals surface area (Å²) in [6, 6.07) is 11.6. The fourth-order valence-corrected chi connectivity index (χ4v) is 1.59. The Morgan fingerprint density at radius 3 is 2.81 bits per heavy atom. The van der Waals surface area contributed by atoms with Gasteiger partial charge < -0.3 is 0 Å². The second-order valence-corrected chi connectivity index (χ2v) is 3.51. The molecule has 1 aromatic rings. The summed E-state index contributed by atoms with van der Waals surface area (Å²) in [5.74, 6) is -0.0332. The van der Waals surface area contributed by atoms with Crippen LogP contribution in [-0.4, -0.2) is 23.2 Å². The van der Waals surface area contributed by atoms with Crippen molar-refractivity contribution >= 4 is 11.6 Å². The number of carbonyl (C=O) groups is 1. The van der Waals surface area contributed by atoms with Gasteiger partial charge in [0.25, 0.3) is 0 Å². The smallest absolute Gasteiger partial charge is 0.248 e. The Balaban J connectivity index is 2.14. The maximum atomic E-state index is 11.6. The molecule has 4 nitrogen and oxygen atoms in total. The Bertz CT molecular complexity index is 459. The van der Waals surface area contributed by atoms with Crippen LogP contribution in [0.4, 0.5) is 0 Å². The minimum atomic E-state index is -0.0332. The average Bonchev–Trinajstić information content (AvgIpc) is 2.69. The van der Waals surface area contributed by atoms with E-state index in [0.717, 1.165) is 11.3 Å². The van der Waals surface area contributed by atoms with Crippen LogP contribution in [0.1, 0.15) is 18.4 Å². The number of hydrogen-bond acceptors (Lipinski definition) is 3. The van der Waals surface area contributed by atoms with E-state index in [1.54, 1.807) is 0 Å². The number of benzene rings is 1. The highest BCUT2D eigenvalue weighted by Gasteiger charge is 2.23. The van der Waals surface area contributed by atoms with Gasteiger partial charge in [-0.15, -0.1) is 0 Å². The zero-order chi connectivity index (χ0) is 11.4. The molecule has 80 valence electrons. The molecule has 0 saturated heterocycles. The minimum Gasteiger partial charge on any atom is -0.273 e. The van der Waals surface area contributed by atoms with Crippen molar-refractivity contribution in [2.75, 3.05) is 6.54 Å². The molecule has 0 radical (unpaired) electrons. The van der Waals surface area contributed by atoms with Gasteiger partial charge in [-0.2, -0.15) is 10.4 Å². The first kappa shape index (κ1) is 10.4. The molecule has 1 heterocycles. The van der Waals surface area contributed by atoms with Crippen LogP contribution < -0.4 is 0 Å². The number of hydrogen-bond donors (Lipinski definition) is 0. The molecule has 0 fully saturated rings. The summed E-state index contributed by atoms with van der Waals surface area (Å²) in [6.45, 7) is 0.381. The van der Waals surface area contributed by atoms with Gasteiger partial charge in [-0.1, -0.05) is 30.3 Å². The molecule has 1 amide bonds. The summed E-state index contributed by atoms with van der Waals surface area (Å²) in [5.41, 5.74) is 1.75. The van der Waals surface area contributed by atoms with Crippen molar-refractivity contribution in [1.82, 2.24) is 5.01 Å². The molecule has 1 aromatic carbocycles. The lowest BCUT2D eigenvalue weighted by Crippen LogP contribution is -2.21. The highest BCUT2D eigenvalue weighted by molar-refractivity contribution is 6.13. The Labute approximate surface area is 93.8 Å². The number of nitrogens with zero attached hydrogens (tertiary/aromatic N) is 3. The van der Waals surface area contributed by atoms with E-state index in [1.165, 1.54) is 5.01 Å². The summed E-state index contributed by atoms with van der Waals surface area (Å²) in [4.78, 5) is 11.6. The third-order valence-electron chi connectivity index (χ3n) is 2.39. The molecule has 0 saturated carbocycles. The summed E-state index contributed by atoms with van der Waals surface area (Å²) in [7, 11) is 0. The highest BCUT2D eigenvalue weighted by atomic mass is 16.2. The summed E-state index contributed by atoms with van der Waals surface area (Å²) < 4.78 is 0. The number of carbonyl (C=O) groups excluding carboxylic acids is 1. The van der Waals surface area contributed by atoms with Crippen LogP contribution in [0, 0.1) is 11.3 Å². The summed E-state index contributed by atoms with van der Waals surface area (Å²) >= 11 is 0. The Kier molecular flexibility index (Phi) is 2.97. The fraction of sp³-hybridized carbons (Fsp3) is 0.250. The minimum absolute atomic E-state index is 0.0332. The lowest BCUT2D eigenvalue weighted by atomic mass is 10.1. The topological polar surface area (TPSA) is 56.5 Å². The second kappa shape index (κ2) is 4.58. The van der Waals surface area contributed by atoms with Gasteiger partial charge in [-0.3, -0.25) is 4.79 Å². The fourth-order valence-electron chi connectivity index (χ4n) is 1.59. The number of amides is 1. The lowest BCUT2D eigenvalue weighted by molar-refractivity contribution is -0.128. The first-order valence-corrected chi connectivity index (χ1v) is 5.11. The van der Waals surface area contributed by atoms with E-state index >= 15 is 0 Å². The maximum Gasteiger partial charge on any atom is 0.248 e. The zero-order valence-corrected chi connectivity index (χ0v) is 8.76. The van der Waals surface area contributed by atoms with Crippen LogP contribution in [0.15, 0.2) is 35.4 Å². The third kappa shape index (κ3) is 2.09.